The van der Waals surface area contributed by atoms with Crippen molar-refractivity contribution in [3.63, 3.8) is 0 Å². The van der Waals surface area contributed by atoms with E-state index in [1.54, 1.807) is 0 Å². The van der Waals surface area contributed by atoms with Gasteiger partial charge < -0.3 is 5.11 Å². The second kappa shape index (κ2) is 4.73. The van der Waals surface area contributed by atoms with Crippen LogP contribution in [-0.2, 0) is 6.42 Å². The molecule has 0 fully saturated rings. The average molecular weight is 233 g/mol. The summed E-state index contributed by atoms with van der Waals surface area (Å²) in [4.78, 5) is 8.41. The van der Waals surface area contributed by atoms with Gasteiger partial charge in [-0.15, -0.1) is 0 Å². The number of rotatable bonds is 4. The van der Waals surface area contributed by atoms with Crippen molar-refractivity contribution in [3.8, 4) is 6.01 Å². The number of pyridine rings is 1. The highest BCUT2D eigenvalue weighted by Gasteiger charge is 2.17. The minimum absolute atomic E-state index is 0.0782. The van der Waals surface area contributed by atoms with E-state index >= 15 is 0 Å². The van der Waals surface area contributed by atoms with Crippen LogP contribution in [0.4, 0.5) is 0 Å². The summed E-state index contributed by atoms with van der Waals surface area (Å²) in [5.74, 6) is 0. The van der Waals surface area contributed by atoms with Gasteiger partial charge in [-0.05, 0) is 30.9 Å². The number of imidazole rings is 1. The van der Waals surface area contributed by atoms with Crippen molar-refractivity contribution in [1.29, 1.82) is 0 Å². The molecule has 0 saturated carbocycles. The molecule has 92 valence electrons. The number of aryl methyl sites for hydroxylation is 1. The van der Waals surface area contributed by atoms with Gasteiger partial charge in [-0.25, -0.2) is 4.98 Å². The fraction of sp³-hybridized carbons (Fsp3) is 0.538. The SMILES string of the molecule is CCc1cnc2nc(O)n(C(CC)CC)c2c1. The van der Waals surface area contributed by atoms with Crippen LogP contribution in [0.15, 0.2) is 12.3 Å². The number of fused-ring (bicyclic) bond motifs is 1. The summed E-state index contributed by atoms with van der Waals surface area (Å²) in [7, 11) is 0. The first-order valence-corrected chi connectivity index (χ1v) is 6.27. The van der Waals surface area contributed by atoms with Gasteiger partial charge in [-0.2, -0.15) is 4.98 Å². The summed E-state index contributed by atoms with van der Waals surface area (Å²) in [6, 6.07) is 2.44. The molecule has 0 unspecified atom stereocenters. The van der Waals surface area contributed by atoms with Gasteiger partial charge in [0, 0.05) is 12.2 Å². The molecule has 0 atom stereocenters. The average Bonchev–Trinajstić information content (AvgIpc) is 2.67. The van der Waals surface area contributed by atoms with Crippen LogP contribution < -0.4 is 0 Å². The van der Waals surface area contributed by atoms with Crippen LogP contribution in [0.5, 0.6) is 6.01 Å². The molecule has 1 N–H and O–H groups in total. The Morgan fingerprint density at radius 1 is 1.29 bits per heavy atom. The first kappa shape index (κ1) is 11.9. The standard InChI is InChI=1S/C13H19N3O/c1-4-9-7-11-12(14-8-9)15-13(17)16(11)10(5-2)6-3/h7-8,10H,4-6H2,1-3H3,(H,14,15,17). The minimum Gasteiger partial charge on any atom is -0.480 e. The van der Waals surface area contributed by atoms with Gasteiger partial charge >= 0.3 is 0 Å². The summed E-state index contributed by atoms with van der Waals surface area (Å²) in [6.07, 6.45) is 4.72. The highest BCUT2D eigenvalue weighted by atomic mass is 16.3. The molecule has 4 nitrogen and oxygen atoms in total. The van der Waals surface area contributed by atoms with Crippen LogP contribution in [0, 0.1) is 0 Å². The van der Waals surface area contributed by atoms with Crippen LogP contribution in [-0.4, -0.2) is 19.6 Å². The molecule has 0 aliphatic carbocycles. The van der Waals surface area contributed by atoms with Crippen molar-refractivity contribution in [1.82, 2.24) is 14.5 Å². The zero-order valence-electron chi connectivity index (χ0n) is 10.6. The van der Waals surface area contributed by atoms with Crippen LogP contribution >= 0.6 is 0 Å². The number of hydrogen-bond donors (Lipinski definition) is 1. The van der Waals surface area contributed by atoms with E-state index in [1.807, 2.05) is 10.8 Å². The molecule has 0 spiro atoms. The van der Waals surface area contributed by atoms with Gasteiger partial charge in [0.05, 0.1) is 5.52 Å². The van der Waals surface area contributed by atoms with E-state index in [9.17, 15) is 5.11 Å². The molecule has 2 heterocycles. The van der Waals surface area contributed by atoms with Crippen molar-refractivity contribution in [2.45, 2.75) is 46.1 Å². The predicted molar refractivity (Wildman–Crippen MR) is 68.2 cm³/mol. The van der Waals surface area contributed by atoms with Crippen molar-refractivity contribution in [2.24, 2.45) is 0 Å². The molecular formula is C13H19N3O. The minimum atomic E-state index is 0.0782. The van der Waals surface area contributed by atoms with Gasteiger partial charge in [-0.3, -0.25) is 4.57 Å². The first-order valence-electron chi connectivity index (χ1n) is 6.27. The van der Waals surface area contributed by atoms with Gasteiger partial charge in [0.15, 0.2) is 5.65 Å². The van der Waals surface area contributed by atoms with E-state index in [-0.39, 0.29) is 12.1 Å². The largest absolute Gasteiger partial charge is 0.480 e. The lowest BCUT2D eigenvalue weighted by atomic mass is 10.1. The second-order valence-electron chi connectivity index (χ2n) is 4.29. The Hall–Kier alpha value is -1.58. The van der Waals surface area contributed by atoms with E-state index in [4.69, 9.17) is 0 Å². The highest BCUT2D eigenvalue weighted by molar-refractivity contribution is 5.73. The molecule has 0 radical (unpaired) electrons. The van der Waals surface area contributed by atoms with Crippen LogP contribution in [0.25, 0.3) is 11.2 Å². The Balaban J connectivity index is 2.63. The van der Waals surface area contributed by atoms with E-state index in [0.717, 1.165) is 24.8 Å². The van der Waals surface area contributed by atoms with Gasteiger partial charge in [0.2, 0.25) is 0 Å². The third-order valence-corrected chi connectivity index (χ3v) is 3.30. The van der Waals surface area contributed by atoms with E-state index in [0.29, 0.717) is 5.65 Å². The van der Waals surface area contributed by atoms with Crippen molar-refractivity contribution >= 4 is 11.2 Å². The molecule has 2 rings (SSSR count). The fourth-order valence-electron chi connectivity index (χ4n) is 2.21. The second-order valence-corrected chi connectivity index (χ2v) is 4.29. The van der Waals surface area contributed by atoms with Crippen molar-refractivity contribution in [3.05, 3.63) is 17.8 Å². The van der Waals surface area contributed by atoms with Crippen LogP contribution in [0.3, 0.4) is 0 Å². The van der Waals surface area contributed by atoms with Gasteiger partial charge in [-0.1, -0.05) is 20.8 Å². The Morgan fingerprint density at radius 3 is 2.59 bits per heavy atom. The third kappa shape index (κ3) is 1.99. The lowest BCUT2D eigenvalue weighted by molar-refractivity contribution is 0.361. The molecule has 4 heteroatoms. The smallest absolute Gasteiger partial charge is 0.296 e. The van der Waals surface area contributed by atoms with Gasteiger partial charge in [0.1, 0.15) is 0 Å². The molecule has 0 bridgehead atoms. The molecule has 0 aromatic carbocycles. The van der Waals surface area contributed by atoms with Crippen LogP contribution in [0.2, 0.25) is 0 Å². The molecule has 17 heavy (non-hydrogen) atoms. The van der Waals surface area contributed by atoms with Crippen molar-refractivity contribution < 1.29 is 5.11 Å². The summed E-state index contributed by atoms with van der Waals surface area (Å²) < 4.78 is 1.90. The zero-order valence-corrected chi connectivity index (χ0v) is 10.6. The highest BCUT2D eigenvalue weighted by Crippen LogP contribution is 2.28. The Bertz CT molecular complexity index is 515. The van der Waals surface area contributed by atoms with Crippen LogP contribution in [0.1, 0.15) is 45.2 Å². The zero-order chi connectivity index (χ0) is 12.4. The quantitative estimate of drug-likeness (QED) is 0.883. The first-order chi connectivity index (χ1) is 8.21. The van der Waals surface area contributed by atoms with E-state index in [2.05, 4.69) is 36.8 Å². The fourth-order valence-corrected chi connectivity index (χ4v) is 2.21. The topological polar surface area (TPSA) is 50.9 Å². The molecule has 0 saturated heterocycles. The van der Waals surface area contributed by atoms with Gasteiger partial charge in [0.25, 0.3) is 6.01 Å². The van der Waals surface area contributed by atoms with E-state index < -0.39 is 0 Å². The molecule has 0 aliphatic rings. The van der Waals surface area contributed by atoms with Crippen molar-refractivity contribution in [2.75, 3.05) is 0 Å². The molecule has 0 amide bonds. The molecule has 2 aromatic rings. The lowest BCUT2D eigenvalue weighted by Gasteiger charge is -2.16. The maximum Gasteiger partial charge on any atom is 0.296 e. The Labute approximate surface area is 101 Å². The molecule has 2 aromatic heterocycles. The number of hydrogen-bond acceptors (Lipinski definition) is 3. The summed E-state index contributed by atoms with van der Waals surface area (Å²) in [5.41, 5.74) is 2.74. The predicted octanol–water partition coefficient (Wildman–Crippen LogP) is 3.06. The maximum absolute atomic E-state index is 9.94. The number of nitrogens with zero attached hydrogens (tertiary/aromatic N) is 3. The summed E-state index contributed by atoms with van der Waals surface area (Å²) in [6.45, 7) is 6.34. The lowest BCUT2D eigenvalue weighted by Crippen LogP contribution is -2.06. The summed E-state index contributed by atoms with van der Waals surface area (Å²) >= 11 is 0. The normalized spacial score (nSPS) is 11.5. The Morgan fingerprint density at radius 2 is 2.00 bits per heavy atom. The maximum atomic E-state index is 9.94. The molecule has 0 aliphatic heterocycles. The number of aromatic nitrogens is 3. The summed E-state index contributed by atoms with van der Waals surface area (Å²) in [5, 5.41) is 9.94. The van der Waals surface area contributed by atoms with E-state index in [1.165, 1.54) is 5.56 Å². The molecular weight excluding hydrogens is 214 g/mol. The monoisotopic (exact) mass is 233 g/mol. The number of aromatic hydroxyl groups is 1. The Kier molecular flexibility index (Phi) is 3.31. The third-order valence-electron chi connectivity index (χ3n) is 3.30.